The molecule has 1 heterocycles. The molecule has 3 heteroatoms. The SMILES string of the molecule is O=[C]O.[c]1cc2ccccc2s1. The van der Waals surface area contributed by atoms with Crippen molar-refractivity contribution in [1.29, 1.82) is 0 Å². The highest BCUT2D eigenvalue weighted by molar-refractivity contribution is 7.16. The largest absolute Gasteiger partial charge is 0.473 e. The lowest BCUT2D eigenvalue weighted by molar-refractivity contribution is 0.437. The topological polar surface area (TPSA) is 37.3 Å². The Labute approximate surface area is 74.1 Å². The van der Waals surface area contributed by atoms with E-state index in [1.165, 1.54) is 10.1 Å². The Bertz CT molecular complexity index is 324. The molecule has 2 aromatic rings. The number of fused-ring (bicyclic) bond motifs is 1. The van der Waals surface area contributed by atoms with Gasteiger partial charge in [-0.1, -0.05) is 18.2 Å². The summed E-state index contributed by atoms with van der Waals surface area (Å²) in [5.41, 5.74) is 0. The Hall–Kier alpha value is -1.35. The standard InChI is InChI=1S/C8H5S.CHO2/c1-2-4-8-7(3-1)5-6-9-8;2-1-3/h1-5H;(H,2,3). The molecule has 12 heavy (non-hydrogen) atoms. The van der Waals surface area contributed by atoms with Gasteiger partial charge in [-0.25, -0.2) is 4.79 Å². The number of hydrogen-bond donors (Lipinski definition) is 1. The van der Waals surface area contributed by atoms with Crippen LogP contribution in [0.2, 0.25) is 0 Å². The molecule has 0 aliphatic carbocycles. The average molecular weight is 178 g/mol. The lowest BCUT2D eigenvalue weighted by Gasteiger charge is -1.82. The van der Waals surface area contributed by atoms with Crippen LogP contribution in [0, 0.1) is 5.38 Å². The molecule has 1 aromatic carbocycles. The van der Waals surface area contributed by atoms with Crippen LogP contribution in [0.25, 0.3) is 10.1 Å². The van der Waals surface area contributed by atoms with Gasteiger partial charge in [0.15, 0.2) is 0 Å². The first kappa shape index (κ1) is 8.74. The molecule has 60 valence electrons. The van der Waals surface area contributed by atoms with Crippen molar-refractivity contribution in [3.63, 3.8) is 0 Å². The van der Waals surface area contributed by atoms with Crippen LogP contribution in [0.4, 0.5) is 0 Å². The van der Waals surface area contributed by atoms with Gasteiger partial charge in [0.05, 0.1) is 0 Å². The number of aliphatic hydroxyl groups excluding tert-OH is 1. The van der Waals surface area contributed by atoms with Crippen LogP contribution < -0.4 is 0 Å². The second kappa shape index (κ2) is 4.51. The second-order valence-electron chi connectivity index (χ2n) is 1.99. The summed E-state index contributed by atoms with van der Waals surface area (Å²) in [5.74, 6) is 0. The zero-order valence-electron chi connectivity index (χ0n) is 6.15. The van der Waals surface area contributed by atoms with Gasteiger partial charge in [-0.05, 0) is 17.5 Å². The van der Waals surface area contributed by atoms with E-state index < -0.39 is 0 Å². The van der Waals surface area contributed by atoms with Crippen LogP contribution in [-0.4, -0.2) is 11.6 Å². The summed E-state index contributed by atoms with van der Waals surface area (Å²) in [6, 6.07) is 10.3. The minimum absolute atomic E-state index is 0.500. The van der Waals surface area contributed by atoms with Crippen LogP contribution in [0.15, 0.2) is 30.3 Å². The zero-order chi connectivity index (χ0) is 8.81. The van der Waals surface area contributed by atoms with Gasteiger partial charge in [-0.15, -0.1) is 11.3 Å². The summed E-state index contributed by atoms with van der Waals surface area (Å²) in [4.78, 5) is 8.24. The normalized spacial score (nSPS) is 8.67. The molecule has 0 atom stereocenters. The van der Waals surface area contributed by atoms with Crippen molar-refractivity contribution in [1.82, 2.24) is 0 Å². The molecule has 2 nitrogen and oxygen atoms in total. The molecule has 0 fully saturated rings. The Morgan fingerprint density at radius 3 is 2.75 bits per heavy atom. The highest BCUT2D eigenvalue weighted by Gasteiger charge is 1.88. The fourth-order valence-corrected chi connectivity index (χ4v) is 1.55. The molecular formula is C9H6O2S. The van der Waals surface area contributed by atoms with Crippen molar-refractivity contribution in [3.8, 4) is 0 Å². The maximum atomic E-state index is 8.24. The van der Waals surface area contributed by atoms with Gasteiger partial charge in [0.1, 0.15) is 0 Å². The van der Waals surface area contributed by atoms with E-state index in [0.717, 1.165) is 0 Å². The van der Waals surface area contributed by atoms with Crippen molar-refractivity contribution in [2.75, 3.05) is 0 Å². The Kier molecular flexibility index (Phi) is 3.29. The van der Waals surface area contributed by atoms with E-state index in [1.807, 2.05) is 18.2 Å². The maximum absolute atomic E-state index is 8.24. The third-order valence-electron chi connectivity index (χ3n) is 1.30. The smallest absolute Gasteiger partial charge is 0.414 e. The second-order valence-corrected chi connectivity index (χ2v) is 2.87. The molecule has 0 amide bonds. The van der Waals surface area contributed by atoms with E-state index in [0.29, 0.717) is 6.47 Å². The minimum atomic E-state index is 0.500. The van der Waals surface area contributed by atoms with Gasteiger partial charge in [-0.2, -0.15) is 0 Å². The van der Waals surface area contributed by atoms with Gasteiger partial charge in [0.2, 0.25) is 0 Å². The molecule has 0 saturated carbocycles. The van der Waals surface area contributed by atoms with E-state index in [-0.39, 0.29) is 0 Å². The van der Waals surface area contributed by atoms with Crippen molar-refractivity contribution in [3.05, 3.63) is 35.7 Å². The van der Waals surface area contributed by atoms with Gasteiger partial charge < -0.3 is 5.11 Å². The number of thiophene rings is 1. The molecule has 0 saturated heterocycles. The molecule has 2 rings (SSSR count). The van der Waals surface area contributed by atoms with E-state index in [2.05, 4.69) is 17.5 Å². The quantitative estimate of drug-likeness (QED) is 0.672. The predicted molar refractivity (Wildman–Crippen MR) is 49.0 cm³/mol. The van der Waals surface area contributed by atoms with Gasteiger partial charge in [-0.3, -0.25) is 0 Å². The minimum Gasteiger partial charge on any atom is -0.473 e. The number of benzene rings is 1. The van der Waals surface area contributed by atoms with Crippen LogP contribution in [0.5, 0.6) is 0 Å². The number of hydrogen-bond acceptors (Lipinski definition) is 2. The average Bonchev–Trinajstić information content (AvgIpc) is 2.52. The van der Waals surface area contributed by atoms with Gasteiger partial charge in [0.25, 0.3) is 0 Å². The Morgan fingerprint density at radius 1 is 1.42 bits per heavy atom. The summed E-state index contributed by atoms with van der Waals surface area (Å²) in [6.45, 7) is 0.500. The van der Waals surface area contributed by atoms with E-state index in [4.69, 9.17) is 9.90 Å². The van der Waals surface area contributed by atoms with Crippen LogP contribution in [-0.2, 0) is 4.79 Å². The van der Waals surface area contributed by atoms with Crippen molar-refractivity contribution >= 4 is 27.9 Å². The summed E-state index contributed by atoms with van der Waals surface area (Å²) in [7, 11) is 0. The van der Waals surface area contributed by atoms with Crippen LogP contribution in [0.1, 0.15) is 0 Å². The lowest BCUT2D eigenvalue weighted by atomic mass is 10.3. The zero-order valence-corrected chi connectivity index (χ0v) is 6.97. The van der Waals surface area contributed by atoms with Crippen LogP contribution >= 0.6 is 11.3 Å². The van der Waals surface area contributed by atoms with E-state index in [9.17, 15) is 0 Å². The molecule has 1 aromatic heterocycles. The molecule has 1 N–H and O–H groups in total. The van der Waals surface area contributed by atoms with Crippen molar-refractivity contribution < 1.29 is 9.90 Å². The first-order valence-electron chi connectivity index (χ1n) is 3.24. The van der Waals surface area contributed by atoms with Gasteiger partial charge in [0, 0.05) is 10.1 Å². The Balaban J connectivity index is 0.000000213. The summed E-state index contributed by atoms with van der Waals surface area (Å²) in [5, 5.41) is 11.1. The van der Waals surface area contributed by atoms with E-state index in [1.54, 1.807) is 11.3 Å². The van der Waals surface area contributed by atoms with Crippen molar-refractivity contribution in [2.24, 2.45) is 0 Å². The van der Waals surface area contributed by atoms with Crippen LogP contribution in [0.3, 0.4) is 0 Å². The lowest BCUT2D eigenvalue weighted by Crippen LogP contribution is -1.56. The highest BCUT2D eigenvalue weighted by atomic mass is 32.1. The summed E-state index contributed by atoms with van der Waals surface area (Å²) >= 11 is 1.66. The summed E-state index contributed by atoms with van der Waals surface area (Å²) in [6.07, 6.45) is 0. The highest BCUT2D eigenvalue weighted by Crippen LogP contribution is 2.18. The monoisotopic (exact) mass is 178 g/mol. The molecule has 0 aliphatic rings. The third-order valence-corrected chi connectivity index (χ3v) is 2.13. The van der Waals surface area contributed by atoms with Gasteiger partial charge >= 0.3 is 6.47 Å². The number of rotatable bonds is 0. The first-order chi connectivity index (χ1) is 5.88. The molecule has 0 bridgehead atoms. The molecule has 0 unspecified atom stereocenters. The molecule has 0 aliphatic heterocycles. The van der Waals surface area contributed by atoms with Crippen molar-refractivity contribution in [2.45, 2.75) is 0 Å². The molecule has 2 radical (unpaired) electrons. The fraction of sp³-hybridized carbons (Fsp3) is 0. The first-order valence-corrected chi connectivity index (χ1v) is 4.06. The maximum Gasteiger partial charge on any atom is 0.414 e. The predicted octanol–water partition coefficient (Wildman–Crippen LogP) is 2.31. The Morgan fingerprint density at radius 2 is 2.08 bits per heavy atom. The molecule has 0 spiro atoms. The summed E-state index contributed by atoms with van der Waals surface area (Å²) < 4.78 is 1.32. The third kappa shape index (κ3) is 2.07. The van der Waals surface area contributed by atoms with E-state index >= 15 is 0 Å². The molecular weight excluding hydrogens is 172 g/mol. The fourth-order valence-electron chi connectivity index (χ4n) is 0.849.